The summed E-state index contributed by atoms with van der Waals surface area (Å²) in [5.74, 6) is 2.65. The van der Waals surface area contributed by atoms with Crippen LogP contribution >= 0.6 is 0 Å². The van der Waals surface area contributed by atoms with E-state index in [1.54, 1.807) is 0 Å². The van der Waals surface area contributed by atoms with Crippen LogP contribution in [0.1, 0.15) is 92.4 Å². The maximum absolute atomic E-state index is 11.9. The third-order valence-electron chi connectivity index (χ3n) is 17.3. The zero-order valence-electron chi connectivity index (χ0n) is 35.6. The van der Waals surface area contributed by atoms with Crippen LogP contribution in [0.25, 0.3) is 0 Å². The predicted octanol–water partition coefficient (Wildman–Crippen LogP) is 0.853. The van der Waals surface area contributed by atoms with Crippen LogP contribution in [0.3, 0.4) is 0 Å². The zero-order valence-corrected chi connectivity index (χ0v) is 35.6. The summed E-state index contributed by atoms with van der Waals surface area (Å²) in [7, 11) is 0. The Bertz CT molecular complexity index is 1560. The molecule has 0 bridgehead atoms. The van der Waals surface area contributed by atoms with Gasteiger partial charge in [0.2, 0.25) is 0 Å². The highest BCUT2D eigenvalue weighted by Crippen LogP contribution is 2.70. The molecule has 4 aliphatic carbocycles. The summed E-state index contributed by atoms with van der Waals surface area (Å²) in [6.07, 6.45) is -8.79. The van der Waals surface area contributed by atoms with Gasteiger partial charge >= 0.3 is 0 Å². The van der Waals surface area contributed by atoms with E-state index in [0.29, 0.717) is 48.3 Å². The molecule has 8 N–H and O–H groups in total. The predicted molar refractivity (Wildman–Crippen MR) is 208 cm³/mol. The number of hydrogen-bond donors (Lipinski definition) is 8. The Hall–Kier alpha value is -0.900. The van der Waals surface area contributed by atoms with E-state index in [0.717, 1.165) is 45.1 Å². The fourth-order valence-electron chi connectivity index (χ4n) is 13.8. The summed E-state index contributed by atoms with van der Waals surface area (Å²) in [4.78, 5) is 0. The van der Waals surface area contributed by atoms with E-state index in [4.69, 9.17) is 37.9 Å². The van der Waals surface area contributed by atoms with E-state index in [9.17, 15) is 40.9 Å². The molecule has 0 aromatic carbocycles. The molecule has 16 heteroatoms. The molecule has 9 aliphatic rings. The number of aliphatic hydroxyl groups excluding tert-OH is 8. The van der Waals surface area contributed by atoms with Gasteiger partial charge in [-0.05, 0) is 98.7 Å². The summed E-state index contributed by atoms with van der Waals surface area (Å²) < 4.78 is 49.9. The molecule has 342 valence electrons. The van der Waals surface area contributed by atoms with E-state index >= 15 is 0 Å². The van der Waals surface area contributed by atoms with E-state index in [2.05, 4.69) is 33.8 Å². The monoisotopic (exact) mass is 854 g/mol. The van der Waals surface area contributed by atoms with Gasteiger partial charge < -0.3 is 78.7 Å². The molecule has 60 heavy (non-hydrogen) atoms. The molecular formula is C44H70O16. The van der Waals surface area contributed by atoms with Crippen LogP contribution in [-0.4, -0.2) is 165 Å². The second-order valence-electron chi connectivity index (χ2n) is 20.6. The largest absolute Gasteiger partial charge is 0.394 e. The number of allylic oxidation sites excluding steroid dienone is 1. The molecule has 5 aliphatic heterocycles. The first-order valence-electron chi connectivity index (χ1n) is 22.8. The van der Waals surface area contributed by atoms with Gasteiger partial charge in [-0.3, -0.25) is 0 Å². The number of hydrogen-bond acceptors (Lipinski definition) is 16. The third-order valence-corrected chi connectivity index (χ3v) is 17.3. The molecule has 0 aromatic rings. The van der Waals surface area contributed by atoms with E-state index < -0.39 is 105 Å². The van der Waals surface area contributed by atoms with Gasteiger partial charge in [-0.15, -0.1) is 0 Å². The smallest absolute Gasteiger partial charge is 0.187 e. The standard InChI is InChI=1S/C44H70O16/c1-19-8-13-44(53-18-19)20(2)30-27(60-44)15-26-24-7-6-22-14-23(9-11-42(22,4)25(24)10-12-43(26,30)5)55-41-38(59-39-35(51)33(49)31(47)21(3)54-39)36(52)37(29(17-46)57-41)58-40-34(50)32(48)28(16-45)56-40/h6,19-21,23-41,45-52H,7-18H2,1-5H3/t19-,20+,21+,23+,24?,25?,26?,27?,28+,29-,30+,31+,32+,33-,34-,35-,36+,37-,38-,39+,40+,41-,42?,43?,44-/m1/s1. The average molecular weight is 855 g/mol. The van der Waals surface area contributed by atoms with Crippen molar-refractivity contribution in [2.45, 2.75) is 196 Å². The normalized spacial score (nSPS) is 57.7. The fourth-order valence-corrected chi connectivity index (χ4v) is 13.8. The van der Waals surface area contributed by atoms with Crippen LogP contribution in [0, 0.1) is 46.3 Å². The van der Waals surface area contributed by atoms with Crippen molar-refractivity contribution in [3.8, 4) is 0 Å². The first-order chi connectivity index (χ1) is 28.5. The average Bonchev–Trinajstić information content (AvgIpc) is 3.79. The van der Waals surface area contributed by atoms with Gasteiger partial charge in [0.1, 0.15) is 61.0 Å². The highest BCUT2D eigenvalue weighted by atomic mass is 16.8. The van der Waals surface area contributed by atoms with Crippen LogP contribution in [0.4, 0.5) is 0 Å². The summed E-state index contributed by atoms with van der Waals surface area (Å²) in [5.41, 5.74) is 1.54. The van der Waals surface area contributed by atoms with E-state index in [1.807, 2.05) is 0 Å². The molecule has 3 saturated carbocycles. The van der Waals surface area contributed by atoms with Crippen molar-refractivity contribution < 1.29 is 78.7 Å². The van der Waals surface area contributed by atoms with Gasteiger partial charge in [-0.25, -0.2) is 0 Å². The van der Waals surface area contributed by atoms with Crippen molar-refractivity contribution >= 4 is 0 Å². The first-order valence-corrected chi connectivity index (χ1v) is 22.8. The molecule has 25 atom stereocenters. The number of aliphatic hydroxyl groups is 8. The molecule has 5 saturated heterocycles. The summed E-state index contributed by atoms with van der Waals surface area (Å²) in [6.45, 7) is 10.7. The van der Waals surface area contributed by atoms with Crippen LogP contribution < -0.4 is 0 Å². The molecule has 5 heterocycles. The van der Waals surface area contributed by atoms with Crippen molar-refractivity contribution in [1.29, 1.82) is 0 Å². The molecule has 9 rings (SSSR count). The van der Waals surface area contributed by atoms with Gasteiger partial charge in [0.15, 0.2) is 24.7 Å². The second kappa shape index (κ2) is 16.5. The minimum Gasteiger partial charge on any atom is -0.394 e. The van der Waals surface area contributed by atoms with Gasteiger partial charge in [-0.2, -0.15) is 0 Å². The lowest BCUT2D eigenvalue weighted by Gasteiger charge is -2.58. The second-order valence-corrected chi connectivity index (χ2v) is 20.6. The van der Waals surface area contributed by atoms with Crippen LogP contribution in [0.15, 0.2) is 11.6 Å². The quantitative estimate of drug-likeness (QED) is 0.158. The topological polar surface area (TPSA) is 236 Å². The molecule has 16 nitrogen and oxygen atoms in total. The molecule has 0 radical (unpaired) electrons. The fraction of sp³-hybridized carbons (Fsp3) is 0.955. The van der Waals surface area contributed by atoms with Crippen LogP contribution in [0.2, 0.25) is 0 Å². The van der Waals surface area contributed by atoms with Crippen molar-refractivity contribution in [2.24, 2.45) is 46.3 Å². The molecule has 0 aromatic heterocycles. The van der Waals surface area contributed by atoms with Crippen molar-refractivity contribution in [3.63, 3.8) is 0 Å². The Kier molecular flexibility index (Phi) is 12.2. The lowest BCUT2D eigenvalue weighted by atomic mass is 9.47. The molecule has 1 spiro atoms. The number of fused-ring (bicyclic) bond motifs is 7. The highest BCUT2D eigenvalue weighted by Gasteiger charge is 2.69. The van der Waals surface area contributed by atoms with Gasteiger partial charge in [-0.1, -0.05) is 39.3 Å². The Morgan fingerprint density at radius 1 is 0.700 bits per heavy atom. The summed E-state index contributed by atoms with van der Waals surface area (Å²) in [6, 6.07) is 0. The SMILES string of the molecule is C[C@@H]1CC[C@@]2(OC1)OC1CC3C4CC=C5C[C@@H](O[C@@H]6O[C@H](CO)[C@@H](O[C@@H]7O[C@@H](CO)[C@H](O)[C@H]7O)[C@H](O)[C@H]6O[C@@H]6O[C@@H](C)[C@H](O)[C@@H](O)[C@H]6O)CCC5(C)C4CCC3(C)[C@H]1[C@@H]2C. The third kappa shape index (κ3) is 7.10. The van der Waals surface area contributed by atoms with Gasteiger partial charge in [0.05, 0.1) is 38.1 Å². The Labute approximate surface area is 352 Å². The number of rotatable bonds is 8. The van der Waals surface area contributed by atoms with Gasteiger partial charge in [0.25, 0.3) is 0 Å². The molecule has 6 unspecified atom stereocenters. The van der Waals surface area contributed by atoms with Crippen molar-refractivity contribution in [3.05, 3.63) is 11.6 Å². The van der Waals surface area contributed by atoms with Crippen molar-refractivity contribution in [1.82, 2.24) is 0 Å². The van der Waals surface area contributed by atoms with Crippen LogP contribution in [-0.2, 0) is 37.9 Å². The minimum absolute atomic E-state index is 0.0141. The highest BCUT2D eigenvalue weighted by molar-refractivity contribution is 5.26. The maximum atomic E-state index is 11.9. The Morgan fingerprint density at radius 2 is 1.40 bits per heavy atom. The van der Waals surface area contributed by atoms with E-state index in [-0.39, 0.29) is 23.0 Å². The van der Waals surface area contributed by atoms with E-state index in [1.165, 1.54) is 18.9 Å². The van der Waals surface area contributed by atoms with Crippen molar-refractivity contribution in [2.75, 3.05) is 19.8 Å². The number of ether oxygens (including phenoxy) is 8. The summed E-state index contributed by atoms with van der Waals surface area (Å²) >= 11 is 0. The van der Waals surface area contributed by atoms with Gasteiger partial charge in [0, 0.05) is 12.3 Å². The van der Waals surface area contributed by atoms with Crippen LogP contribution in [0.5, 0.6) is 0 Å². The first kappa shape index (κ1) is 44.3. The lowest BCUT2D eigenvalue weighted by molar-refractivity contribution is -0.380. The Morgan fingerprint density at radius 3 is 2.10 bits per heavy atom. The Balaban J connectivity index is 0.913. The summed E-state index contributed by atoms with van der Waals surface area (Å²) in [5, 5.41) is 84.8. The minimum atomic E-state index is -1.70. The maximum Gasteiger partial charge on any atom is 0.187 e. The molecule has 8 fully saturated rings. The molecular weight excluding hydrogens is 784 g/mol. The molecule has 0 amide bonds. The lowest BCUT2D eigenvalue weighted by Crippen LogP contribution is -2.65. The zero-order chi connectivity index (χ0) is 42.6.